The Bertz CT molecular complexity index is 1090. The van der Waals surface area contributed by atoms with Gasteiger partial charge in [-0.1, -0.05) is 18.2 Å². The number of benzene rings is 1. The van der Waals surface area contributed by atoms with E-state index in [1.165, 1.54) is 6.92 Å². The van der Waals surface area contributed by atoms with Crippen LogP contribution in [-0.4, -0.2) is 74.8 Å². The summed E-state index contributed by atoms with van der Waals surface area (Å²) in [4.78, 5) is 63.4. The van der Waals surface area contributed by atoms with Crippen LogP contribution in [0, 0.1) is 0 Å². The van der Waals surface area contributed by atoms with Crippen molar-refractivity contribution in [2.24, 2.45) is 5.73 Å². The van der Waals surface area contributed by atoms with Gasteiger partial charge in [0.2, 0.25) is 17.7 Å². The largest absolute Gasteiger partial charge is 0.481 e. The van der Waals surface area contributed by atoms with Gasteiger partial charge in [-0.05, 0) is 25.0 Å². The van der Waals surface area contributed by atoms with Gasteiger partial charge in [-0.15, -0.1) is 0 Å². The molecule has 2 rings (SSSR count). The Morgan fingerprint density at radius 1 is 1.00 bits per heavy atom. The molecule has 0 saturated carbocycles. The molecule has 1 aromatic carbocycles. The maximum absolute atomic E-state index is 13.2. The Morgan fingerprint density at radius 2 is 1.63 bits per heavy atom. The number of H-pyrrole nitrogens is 1. The molecule has 3 amide bonds. The van der Waals surface area contributed by atoms with Crippen LogP contribution in [0.5, 0.6) is 0 Å². The van der Waals surface area contributed by atoms with Crippen LogP contribution in [0.3, 0.4) is 0 Å². The van der Waals surface area contributed by atoms with Crippen LogP contribution >= 0.6 is 12.6 Å². The number of aromatic nitrogens is 1. The molecule has 0 aliphatic rings. The SMILES string of the molecule is CC(NC(=O)C(CCC(=O)O)NC(=O)C(Cc1c[nH]c2ccccc12)NC(=O)C(N)CS)C(=O)O. The number of amides is 3. The number of thiol groups is 1. The zero-order chi connectivity index (χ0) is 26.1. The van der Waals surface area contributed by atoms with Crippen molar-refractivity contribution >= 4 is 53.2 Å². The number of rotatable bonds is 13. The van der Waals surface area contributed by atoms with E-state index in [2.05, 4.69) is 33.6 Å². The Morgan fingerprint density at radius 3 is 2.26 bits per heavy atom. The summed E-state index contributed by atoms with van der Waals surface area (Å²) >= 11 is 4.00. The Balaban J connectivity index is 2.28. The lowest BCUT2D eigenvalue weighted by Gasteiger charge is -2.24. The molecule has 0 radical (unpaired) electrons. The van der Waals surface area contributed by atoms with Gasteiger partial charge in [0.1, 0.15) is 18.1 Å². The summed E-state index contributed by atoms with van der Waals surface area (Å²) in [6.45, 7) is 1.23. The van der Waals surface area contributed by atoms with Crippen molar-refractivity contribution in [3.8, 4) is 0 Å². The van der Waals surface area contributed by atoms with E-state index < -0.39 is 60.2 Å². The molecular formula is C22H29N5O7S. The molecule has 12 nitrogen and oxygen atoms in total. The Labute approximate surface area is 206 Å². The molecule has 13 heteroatoms. The second-order valence-electron chi connectivity index (χ2n) is 7.98. The third-order valence-corrected chi connectivity index (χ3v) is 5.67. The maximum atomic E-state index is 13.2. The molecule has 0 aliphatic carbocycles. The number of fused-ring (bicyclic) bond motifs is 1. The van der Waals surface area contributed by atoms with Gasteiger partial charge in [0.25, 0.3) is 0 Å². The number of nitrogens with two attached hydrogens (primary N) is 1. The van der Waals surface area contributed by atoms with Crippen molar-refractivity contribution < 1.29 is 34.2 Å². The molecule has 1 heterocycles. The van der Waals surface area contributed by atoms with Crippen LogP contribution in [-0.2, 0) is 30.4 Å². The Hall–Kier alpha value is -3.58. The van der Waals surface area contributed by atoms with Gasteiger partial charge >= 0.3 is 11.9 Å². The van der Waals surface area contributed by atoms with Gasteiger partial charge in [-0.3, -0.25) is 24.0 Å². The molecule has 190 valence electrons. The third kappa shape index (κ3) is 8.00. The first kappa shape index (κ1) is 27.7. The summed E-state index contributed by atoms with van der Waals surface area (Å²) in [7, 11) is 0. The molecule has 4 atom stereocenters. The summed E-state index contributed by atoms with van der Waals surface area (Å²) in [5.41, 5.74) is 7.27. The molecule has 0 fully saturated rings. The molecule has 1 aromatic heterocycles. The van der Waals surface area contributed by atoms with E-state index in [1.54, 1.807) is 6.20 Å². The minimum Gasteiger partial charge on any atom is -0.481 e. The van der Waals surface area contributed by atoms with E-state index in [-0.39, 0.29) is 18.6 Å². The summed E-state index contributed by atoms with van der Waals surface area (Å²) in [5, 5.41) is 26.1. The van der Waals surface area contributed by atoms with E-state index in [0.29, 0.717) is 5.56 Å². The first-order valence-electron chi connectivity index (χ1n) is 10.8. The molecule has 8 N–H and O–H groups in total. The number of para-hydroxylation sites is 1. The number of carboxylic acids is 2. The lowest BCUT2D eigenvalue weighted by Crippen LogP contribution is -2.57. The van der Waals surface area contributed by atoms with Crippen LogP contribution in [0.4, 0.5) is 0 Å². The standard InChI is InChI=1S/C22H29N5O7S/c1-11(22(33)34)25-20(31)16(6-7-18(28)29)26-21(32)17(27-19(30)14(23)10-35)8-12-9-24-15-5-3-2-4-13(12)15/h2-5,9,11,14,16-17,24,35H,6-8,10,23H2,1H3,(H,25,31)(H,26,32)(H,27,30)(H,28,29)(H,33,34). The lowest BCUT2D eigenvalue weighted by atomic mass is 10.0. The number of carbonyl (C=O) groups is 5. The number of nitrogens with one attached hydrogen (secondary N) is 4. The molecule has 35 heavy (non-hydrogen) atoms. The number of carboxylic acid groups (broad SMARTS) is 2. The van der Waals surface area contributed by atoms with Crippen molar-refractivity contribution in [2.75, 3.05) is 5.75 Å². The number of aliphatic carboxylic acids is 2. The van der Waals surface area contributed by atoms with Gasteiger partial charge in [0, 0.05) is 35.7 Å². The molecule has 0 bridgehead atoms. The number of carbonyl (C=O) groups excluding carboxylic acids is 3. The van der Waals surface area contributed by atoms with Crippen molar-refractivity contribution in [3.05, 3.63) is 36.0 Å². The highest BCUT2D eigenvalue weighted by Gasteiger charge is 2.30. The highest BCUT2D eigenvalue weighted by atomic mass is 32.1. The van der Waals surface area contributed by atoms with E-state index in [1.807, 2.05) is 24.3 Å². The van der Waals surface area contributed by atoms with E-state index in [4.69, 9.17) is 15.9 Å². The van der Waals surface area contributed by atoms with Crippen LogP contribution in [0.25, 0.3) is 10.9 Å². The first-order chi connectivity index (χ1) is 16.5. The molecule has 2 aromatic rings. The average Bonchev–Trinajstić information content (AvgIpc) is 3.22. The number of aromatic amines is 1. The molecular weight excluding hydrogens is 478 g/mol. The second-order valence-corrected chi connectivity index (χ2v) is 8.34. The van der Waals surface area contributed by atoms with Gasteiger partial charge in [0.05, 0.1) is 6.04 Å². The maximum Gasteiger partial charge on any atom is 0.325 e. The predicted octanol–water partition coefficient (Wildman–Crippen LogP) is -0.609. The summed E-state index contributed by atoms with van der Waals surface area (Å²) in [6, 6.07) is 2.59. The molecule has 0 saturated heterocycles. The normalized spacial score (nSPS) is 14.4. The molecule has 4 unspecified atom stereocenters. The fraction of sp³-hybridized carbons (Fsp3) is 0.409. The fourth-order valence-electron chi connectivity index (χ4n) is 3.28. The monoisotopic (exact) mass is 507 g/mol. The van der Waals surface area contributed by atoms with E-state index in [9.17, 15) is 24.0 Å². The van der Waals surface area contributed by atoms with Crippen LogP contribution in [0.2, 0.25) is 0 Å². The number of hydrogen-bond donors (Lipinski definition) is 8. The molecule has 0 aliphatic heterocycles. The highest BCUT2D eigenvalue weighted by molar-refractivity contribution is 7.80. The van der Waals surface area contributed by atoms with Crippen LogP contribution < -0.4 is 21.7 Å². The summed E-state index contributed by atoms with van der Waals surface area (Å²) < 4.78 is 0. The minimum atomic E-state index is -1.35. The predicted molar refractivity (Wildman–Crippen MR) is 130 cm³/mol. The van der Waals surface area contributed by atoms with Crippen molar-refractivity contribution in [3.63, 3.8) is 0 Å². The quantitative estimate of drug-likeness (QED) is 0.164. The third-order valence-electron chi connectivity index (χ3n) is 5.27. The average molecular weight is 508 g/mol. The second kappa shape index (κ2) is 12.8. The summed E-state index contributed by atoms with van der Waals surface area (Å²) in [6.07, 6.45) is 0.992. The van der Waals surface area contributed by atoms with Crippen LogP contribution in [0.15, 0.2) is 30.5 Å². The topological polar surface area (TPSA) is 204 Å². The molecule has 0 spiro atoms. The van der Waals surface area contributed by atoms with Crippen molar-refractivity contribution in [1.82, 2.24) is 20.9 Å². The number of hydrogen-bond acceptors (Lipinski definition) is 7. The Kier molecular flexibility index (Phi) is 10.1. The van der Waals surface area contributed by atoms with Gasteiger partial charge in [-0.2, -0.15) is 12.6 Å². The van der Waals surface area contributed by atoms with Crippen molar-refractivity contribution in [2.45, 2.75) is 50.4 Å². The fourth-order valence-corrected chi connectivity index (χ4v) is 3.44. The zero-order valence-corrected chi connectivity index (χ0v) is 19.9. The van der Waals surface area contributed by atoms with Gasteiger partial charge in [-0.25, -0.2) is 0 Å². The first-order valence-corrected chi connectivity index (χ1v) is 11.4. The summed E-state index contributed by atoms with van der Waals surface area (Å²) in [5.74, 6) is -4.73. The smallest absolute Gasteiger partial charge is 0.325 e. The van der Waals surface area contributed by atoms with Crippen LogP contribution in [0.1, 0.15) is 25.3 Å². The highest BCUT2D eigenvalue weighted by Crippen LogP contribution is 2.19. The minimum absolute atomic E-state index is 0.0317. The van der Waals surface area contributed by atoms with E-state index >= 15 is 0 Å². The van der Waals surface area contributed by atoms with Crippen molar-refractivity contribution in [1.29, 1.82) is 0 Å². The van der Waals surface area contributed by atoms with Gasteiger partial charge in [0.15, 0.2) is 0 Å². The lowest BCUT2D eigenvalue weighted by molar-refractivity contribution is -0.142. The van der Waals surface area contributed by atoms with Gasteiger partial charge < -0.3 is 36.9 Å². The zero-order valence-electron chi connectivity index (χ0n) is 19.0. The van der Waals surface area contributed by atoms with E-state index in [0.717, 1.165) is 10.9 Å².